The van der Waals surface area contributed by atoms with Crippen molar-refractivity contribution in [3.8, 4) is 17.0 Å². The van der Waals surface area contributed by atoms with Crippen molar-refractivity contribution >= 4 is 21.6 Å². The van der Waals surface area contributed by atoms with Gasteiger partial charge in [0.25, 0.3) is 0 Å². The lowest BCUT2D eigenvalue weighted by Gasteiger charge is -2.24. The van der Waals surface area contributed by atoms with Crippen molar-refractivity contribution in [2.75, 3.05) is 5.32 Å². The van der Waals surface area contributed by atoms with Gasteiger partial charge < -0.3 is 9.50 Å². The number of aromatic nitrogens is 2. The second kappa shape index (κ2) is 9.86. The molecule has 0 unspecified atom stereocenters. The molecule has 0 aliphatic heterocycles. The summed E-state index contributed by atoms with van der Waals surface area (Å²) in [4.78, 5) is 5.06. The van der Waals surface area contributed by atoms with Crippen LogP contribution in [0, 0.1) is 6.92 Å². The maximum Gasteiger partial charge on any atom is 0.339 e. The molecule has 0 radical (unpaired) electrons. The monoisotopic (exact) mass is 517 g/mol. The lowest BCUT2D eigenvalue weighted by molar-refractivity contribution is 0.461. The van der Waals surface area contributed by atoms with Crippen LogP contribution in [0.4, 0.5) is 5.82 Å². The molecular weight excluding hydrogens is 482 g/mol. The number of nitrogens with zero attached hydrogens (tertiary/aromatic N) is 2. The molecule has 6 nitrogen and oxygen atoms in total. The first-order chi connectivity index (χ1) is 17.6. The number of aryl methyl sites for hydroxylation is 1. The highest BCUT2D eigenvalue weighted by Crippen LogP contribution is 2.38. The van der Waals surface area contributed by atoms with E-state index in [1.54, 1.807) is 24.3 Å². The smallest absolute Gasteiger partial charge is 0.339 e. The molecule has 0 atom stereocenters. The van der Waals surface area contributed by atoms with Crippen LogP contribution in [0.25, 0.3) is 16.9 Å². The number of benzene rings is 2. The van der Waals surface area contributed by atoms with E-state index in [0.717, 1.165) is 35.4 Å². The molecule has 1 N–H and O–H groups in total. The molecule has 2 aromatic heterocycles. The summed E-state index contributed by atoms with van der Waals surface area (Å²) in [7, 11) is -4.04. The van der Waals surface area contributed by atoms with E-state index in [4.69, 9.17) is 9.17 Å². The van der Waals surface area contributed by atoms with Crippen LogP contribution in [0.2, 0.25) is 0 Å². The van der Waals surface area contributed by atoms with Crippen molar-refractivity contribution in [2.45, 2.75) is 76.2 Å². The van der Waals surface area contributed by atoms with E-state index in [1.807, 2.05) is 47.9 Å². The van der Waals surface area contributed by atoms with Crippen LogP contribution in [-0.2, 0) is 15.5 Å². The SMILES string of the molecule is Cc1ccn2c(NC3CCCCC3)c(-c3ccccc3OS(=O)(=O)c3ccc(C(C)(C)C)cc3)nc2c1. The minimum Gasteiger partial charge on any atom is -0.378 e. The average Bonchev–Trinajstić information content (AvgIpc) is 3.21. The normalized spacial score (nSPS) is 15.1. The molecule has 0 spiro atoms. The third-order valence-electron chi connectivity index (χ3n) is 7.08. The standard InChI is InChI=1S/C30H35N3O3S/c1-21-18-19-33-27(20-21)32-28(29(33)31-23-10-6-5-7-11-23)25-12-8-9-13-26(25)36-37(34,35)24-16-14-22(15-17-24)30(2,3)4/h8-9,12-20,23,31H,5-7,10-11H2,1-4H3. The molecule has 1 fully saturated rings. The molecule has 0 saturated heterocycles. The first-order valence-electron chi connectivity index (χ1n) is 13.0. The minimum atomic E-state index is -4.04. The van der Waals surface area contributed by atoms with Crippen LogP contribution < -0.4 is 9.50 Å². The summed E-state index contributed by atoms with van der Waals surface area (Å²) in [5, 5.41) is 3.73. The molecule has 2 aromatic carbocycles. The lowest BCUT2D eigenvalue weighted by Crippen LogP contribution is -2.23. The third-order valence-corrected chi connectivity index (χ3v) is 8.33. The second-order valence-electron chi connectivity index (χ2n) is 11.0. The number of fused-ring (bicyclic) bond motifs is 1. The maximum absolute atomic E-state index is 13.3. The number of anilines is 1. The quantitative estimate of drug-likeness (QED) is 0.276. The number of nitrogens with one attached hydrogen (secondary N) is 1. The van der Waals surface area contributed by atoms with E-state index in [9.17, 15) is 8.42 Å². The number of para-hydroxylation sites is 1. The molecule has 0 bridgehead atoms. The number of pyridine rings is 1. The van der Waals surface area contributed by atoms with E-state index in [0.29, 0.717) is 17.3 Å². The van der Waals surface area contributed by atoms with E-state index in [-0.39, 0.29) is 16.1 Å². The van der Waals surface area contributed by atoms with E-state index in [2.05, 4.69) is 32.2 Å². The Hall–Kier alpha value is -3.32. The van der Waals surface area contributed by atoms with Crippen LogP contribution >= 0.6 is 0 Å². The molecule has 194 valence electrons. The van der Waals surface area contributed by atoms with Crippen LogP contribution in [0.1, 0.15) is 64.0 Å². The fourth-order valence-corrected chi connectivity index (χ4v) is 5.88. The molecule has 4 aromatic rings. The Morgan fingerprint density at radius 1 is 0.973 bits per heavy atom. The van der Waals surface area contributed by atoms with Gasteiger partial charge in [0.1, 0.15) is 22.1 Å². The molecular formula is C30H35N3O3S. The van der Waals surface area contributed by atoms with Gasteiger partial charge in [0, 0.05) is 17.8 Å². The molecule has 5 rings (SSSR count). The number of hydrogen-bond acceptors (Lipinski definition) is 5. The number of rotatable bonds is 6. The highest BCUT2D eigenvalue weighted by atomic mass is 32.2. The van der Waals surface area contributed by atoms with Crippen molar-refractivity contribution in [2.24, 2.45) is 0 Å². The van der Waals surface area contributed by atoms with Gasteiger partial charge >= 0.3 is 10.1 Å². The van der Waals surface area contributed by atoms with E-state index < -0.39 is 10.1 Å². The average molecular weight is 518 g/mol. The van der Waals surface area contributed by atoms with Gasteiger partial charge in [0.05, 0.1) is 0 Å². The largest absolute Gasteiger partial charge is 0.378 e. The third kappa shape index (κ3) is 5.37. The Balaban J connectivity index is 1.54. The summed E-state index contributed by atoms with van der Waals surface area (Å²) in [6, 6.07) is 18.6. The van der Waals surface area contributed by atoms with Gasteiger partial charge in [0.15, 0.2) is 5.75 Å². The van der Waals surface area contributed by atoms with Crippen molar-refractivity contribution in [3.05, 3.63) is 78.0 Å². The van der Waals surface area contributed by atoms with Crippen molar-refractivity contribution in [3.63, 3.8) is 0 Å². The zero-order chi connectivity index (χ0) is 26.2. The van der Waals surface area contributed by atoms with Crippen molar-refractivity contribution in [1.82, 2.24) is 9.38 Å². The Morgan fingerprint density at radius 3 is 2.38 bits per heavy atom. The summed E-state index contributed by atoms with van der Waals surface area (Å²) in [5.41, 5.74) is 4.23. The molecule has 1 aliphatic rings. The van der Waals surface area contributed by atoms with Crippen molar-refractivity contribution in [1.29, 1.82) is 0 Å². The second-order valence-corrected chi connectivity index (χ2v) is 12.6. The predicted octanol–water partition coefficient (Wildman–Crippen LogP) is 7.12. The van der Waals surface area contributed by atoms with Gasteiger partial charge in [-0.25, -0.2) is 4.98 Å². The van der Waals surface area contributed by atoms with Gasteiger partial charge in [-0.05, 0) is 72.7 Å². The summed E-state index contributed by atoms with van der Waals surface area (Å²) < 4.78 is 34.4. The van der Waals surface area contributed by atoms with Crippen LogP contribution in [0.3, 0.4) is 0 Å². The van der Waals surface area contributed by atoms with Gasteiger partial charge in [-0.3, -0.25) is 4.40 Å². The van der Waals surface area contributed by atoms with Gasteiger partial charge in [-0.15, -0.1) is 0 Å². The summed E-state index contributed by atoms with van der Waals surface area (Å²) in [6.45, 7) is 8.33. The zero-order valence-corrected chi connectivity index (χ0v) is 22.8. The first kappa shape index (κ1) is 25.3. The molecule has 7 heteroatoms. The molecule has 1 saturated carbocycles. The predicted molar refractivity (Wildman–Crippen MR) is 149 cm³/mol. The lowest BCUT2D eigenvalue weighted by atomic mass is 9.87. The van der Waals surface area contributed by atoms with Gasteiger partial charge in [0.2, 0.25) is 0 Å². The topological polar surface area (TPSA) is 72.7 Å². The maximum atomic E-state index is 13.3. The Kier molecular flexibility index (Phi) is 6.75. The highest BCUT2D eigenvalue weighted by molar-refractivity contribution is 7.87. The summed E-state index contributed by atoms with van der Waals surface area (Å²) in [6.07, 6.45) is 7.90. The molecule has 1 aliphatic carbocycles. The Bertz CT molecular complexity index is 1510. The highest BCUT2D eigenvalue weighted by Gasteiger charge is 2.25. The Labute approximate surface area is 219 Å². The fourth-order valence-electron chi connectivity index (χ4n) is 4.94. The summed E-state index contributed by atoms with van der Waals surface area (Å²) >= 11 is 0. The van der Waals surface area contributed by atoms with Crippen LogP contribution in [0.5, 0.6) is 5.75 Å². The van der Waals surface area contributed by atoms with Gasteiger partial charge in [-0.2, -0.15) is 8.42 Å². The molecule has 37 heavy (non-hydrogen) atoms. The van der Waals surface area contributed by atoms with Crippen LogP contribution in [-0.4, -0.2) is 23.8 Å². The van der Waals surface area contributed by atoms with E-state index in [1.165, 1.54) is 19.3 Å². The minimum absolute atomic E-state index is 0.0705. The van der Waals surface area contributed by atoms with E-state index >= 15 is 0 Å². The molecule has 2 heterocycles. The Morgan fingerprint density at radius 2 is 1.68 bits per heavy atom. The van der Waals surface area contributed by atoms with Crippen molar-refractivity contribution < 1.29 is 12.6 Å². The van der Waals surface area contributed by atoms with Gasteiger partial charge in [-0.1, -0.05) is 64.3 Å². The zero-order valence-electron chi connectivity index (χ0n) is 22.0. The van der Waals surface area contributed by atoms with Crippen LogP contribution in [0.15, 0.2) is 71.8 Å². The molecule has 0 amide bonds. The first-order valence-corrected chi connectivity index (χ1v) is 14.4. The summed E-state index contributed by atoms with van der Waals surface area (Å²) in [5.74, 6) is 1.12. The number of imidazole rings is 1. The number of hydrogen-bond donors (Lipinski definition) is 1. The fraction of sp³-hybridized carbons (Fsp3) is 0.367.